The molecule has 0 bridgehead atoms. The molecule has 0 aliphatic carbocycles. The Morgan fingerprint density at radius 1 is 1.06 bits per heavy atom. The van der Waals surface area contributed by atoms with Gasteiger partial charge >= 0.3 is 0 Å². The molecule has 1 aromatic carbocycles. The molecule has 4 aromatic rings. The Morgan fingerprint density at radius 3 is 2.65 bits per heavy atom. The van der Waals surface area contributed by atoms with E-state index >= 15 is 0 Å². The van der Waals surface area contributed by atoms with Crippen LogP contribution in [0.3, 0.4) is 0 Å². The highest BCUT2D eigenvalue weighted by Crippen LogP contribution is 2.26. The molecule has 34 heavy (non-hydrogen) atoms. The summed E-state index contributed by atoms with van der Waals surface area (Å²) in [4.78, 5) is 22.8. The Kier molecular flexibility index (Phi) is 5.52. The molecule has 3 aromatic heterocycles. The topological polar surface area (TPSA) is 76.8 Å². The van der Waals surface area contributed by atoms with Gasteiger partial charge in [0.25, 0.3) is 5.56 Å². The molecule has 7 nitrogen and oxygen atoms in total. The first-order valence-corrected chi connectivity index (χ1v) is 11.9. The third-order valence-electron chi connectivity index (χ3n) is 6.34. The molecule has 0 saturated carbocycles. The van der Waals surface area contributed by atoms with E-state index in [4.69, 9.17) is 4.98 Å². The SMILES string of the molecule is CC(C)n1c(=O)c2ccc(Nc3ccc4c(c3)CCNC4)nc2n1-c1ccnc(C(C)(C)C)c1. The molecule has 1 aliphatic heterocycles. The molecule has 0 amide bonds. The largest absolute Gasteiger partial charge is 0.340 e. The van der Waals surface area contributed by atoms with Crippen LogP contribution in [0.4, 0.5) is 11.5 Å². The summed E-state index contributed by atoms with van der Waals surface area (Å²) < 4.78 is 3.71. The molecule has 5 rings (SSSR count). The van der Waals surface area contributed by atoms with Crippen molar-refractivity contribution in [2.24, 2.45) is 0 Å². The first kappa shape index (κ1) is 22.3. The number of rotatable bonds is 4. The number of anilines is 2. The van der Waals surface area contributed by atoms with Crippen LogP contribution in [0.1, 0.15) is 57.5 Å². The van der Waals surface area contributed by atoms with Gasteiger partial charge < -0.3 is 10.6 Å². The monoisotopic (exact) mass is 456 g/mol. The average Bonchev–Trinajstić information content (AvgIpc) is 3.10. The second-order valence-corrected chi connectivity index (χ2v) is 10.3. The van der Waals surface area contributed by atoms with Gasteiger partial charge in [-0.05, 0) is 74.3 Å². The zero-order chi connectivity index (χ0) is 24.0. The van der Waals surface area contributed by atoms with Crippen molar-refractivity contribution in [3.8, 4) is 5.69 Å². The minimum absolute atomic E-state index is 0.0291. The van der Waals surface area contributed by atoms with Crippen LogP contribution in [-0.4, -0.2) is 25.9 Å². The van der Waals surface area contributed by atoms with Gasteiger partial charge in [-0.15, -0.1) is 0 Å². The molecule has 2 N–H and O–H groups in total. The van der Waals surface area contributed by atoms with Crippen LogP contribution < -0.4 is 16.2 Å². The number of benzene rings is 1. The fourth-order valence-corrected chi connectivity index (χ4v) is 4.54. The highest BCUT2D eigenvalue weighted by molar-refractivity contribution is 5.79. The molecule has 4 heterocycles. The summed E-state index contributed by atoms with van der Waals surface area (Å²) in [6, 6.07) is 14.2. The van der Waals surface area contributed by atoms with E-state index in [0.717, 1.165) is 36.6 Å². The second kappa shape index (κ2) is 8.40. The Labute approximate surface area is 199 Å². The molecule has 0 atom stereocenters. The molecule has 176 valence electrons. The van der Waals surface area contributed by atoms with Gasteiger partial charge in [0.1, 0.15) is 5.82 Å². The molecular weight excluding hydrogens is 424 g/mol. The summed E-state index contributed by atoms with van der Waals surface area (Å²) in [6.07, 6.45) is 2.83. The first-order chi connectivity index (χ1) is 16.2. The van der Waals surface area contributed by atoms with Crippen molar-refractivity contribution in [1.29, 1.82) is 0 Å². The lowest BCUT2D eigenvalue weighted by Gasteiger charge is -2.20. The summed E-state index contributed by atoms with van der Waals surface area (Å²) >= 11 is 0. The fraction of sp³-hybridized carbons (Fsp3) is 0.370. The summed E-state index contributed by atoms with van der Waals surface area (Å²) in [5.41, 5.74) is 6.04. The van der Waals surface area contributed by atoms with Crippen LogP contribution in [0.25, 0.3) is 16.7 Å². The van der Waals surface area contributed by atoms with Gasteiger partial charge in [0.15, 0.2) is 5.65 Å². The van der Waals surface area contributed by atoms with E-state index in [1.54, 1.807) is 10.9 Å². The Balaban J connectivity index is 1.63. The Bertz CT molecular complexity index is 1420. The smallest absolute Gasteiger partial charge is 0.276 e. The van der Waals surface area contributed by atoms with E-state index in [2.05, 4.69) is 60.7 Å². The number of pyridine rings is 2. The maximum atomic E-state index is 13.3. The van der Waals surface area contributed by atoms with Gasteiger partial charge in [0, 0.05) is 35.6 Å². The maximum Gasteiger partial charge on any atom is 0.276 e. The number of hydrogen-bond donors (Lipinski definition) is 2. The quantitative estimate of drug-likeness (QED) is 0.459. The molecule has 0 radical (unpaired) electrons. The van der Waals surface area contributed by atoms with Crippen LogP contribution >= 0.6 is 0 Å². The predicted molar refractivity (Wildman–Crippen MR) is 137 cm³/mol. The van der Waals surface area contributed by atoms with E-state index in [1.165, 1.54) is 11.1 Å². The van der Waals surface area contributed by atoms with Crippen molar-refractivity contribution in [2.45, 2.75) is 59.0 Å². The Morgan fingerprint density at radius 2 is 1.88 bits per heavy atom. The van der Waals surface area contributed by atoms with Crippen molar-refractivity contribution in [2.75, 3.05) is 11.9 Å². The summed E-state index contributed by atoms with van der Waals surface area (Å²) in [5, 5.41) is 7.46. The standard InChI is InChI=1S/C27H32N6O/c1-17(2)32-26(34)22-8-9-24(30-20-7-6-19-16-28-12-10-18(19)14-20)31-25(22)33(32)21-11-13-29-23(15-21)27(3,4)5/h6-9,11,13-15,17,28H,10,12,16H2,1-5H3,(H,30,31). The third-order valence-corrected chi connectivity index (χ3v) is 6.34. The fourth-order valence-electron chi connectivity index (χ4n) is 4.54. The minimum Gasteiger partial charge on any atom is -0.340 e. The molecule has 0 unspecified atom stereocenters. The maximum absolute atomic E-state index is 13.3. The lowest BCUT2D eigenvalue weighted by atomic mass is 9.91. The lowest BCUT2D eigenvalue weighted by molar-refractivity contribution is 0.474. The van der Waals surface area contributed by atoms with Crippen LogP contribution in [0, 0.1) is 0 Å². The minimum atomic E-state index is -0.107. The average molecular weight is 457 g/mol. The molecule has 0 fully saturated rings. The van der Waals surface area contributed by atoms with Crippen molar-refractivity contribution in [1.82, 2.24) is 24.6 Å². The highest BCUT2D eigenvalue weighted by Gasteiger charge is 2.21. The lowest BCUT2D eigenvalue weighted by Crippen LogP contribution is -2.24. The second-order valence-electron chi connectivity index (χ2n) is 10.3. The number of nitrogens with one attached hydrogen (secondary N) is 2. The van der Waals surface area contributed by atoms with Crippen LogP contribution in [0.2, 0.25) is 0 Å². The van der Waals surface area contributed by atoms with E-state index < -0.39 is 0 Å². The summed E-state index contributed by atoms with van der Waals surface area (Å²) in [7, 11) is 0. The van der Waals surface area contributed by atoms with E-state index in [9.17, 15) is 4.79 Å². The van der Waals surface area contributed by atoms with Crippen LogP contribution in [0.5, 0.6) is 0 Å². The van der Waals surface area contributed by atoms with Gasteiger partial charge in [-0.25, -0.2) is 14.3 Å². The van der Waals surface area contributed by atoms with Gasteiger partial charge in [-0.2, -0.15) is 0 Å². The zero-order valence-corrected chi connectivity index (χ0v) is 20.5. The summed E-state index contributed by atoms with van der Waals surface area (Å²) in [6.45, 7) is 12.4. The number of fused-ring (bicyclic) bond motifs is 2. The molecule has 0 saturated heterocycles. The zero-order valence-electron chi connectivity index (χ0n) is 20.5. The third kappa shape index (κ3) is 4.01. The van der Waals surface area contributed by atoms with Gasteiger partial charge in [0.2, 0.25) is 0 Å². The molecule has 0 spiro atoms. The number of hydrogen-bond acceptors (Lipinski definition) is 5. The van der Waals surface area contributed by atoms with Gasteiger partial charge in [0.05, 0.1) is 11.1 Å². The van der Waals surface area contributed by atoms with Crippen molar-refractivity contribution < 1.29 is 0 Å². The summed E-state index contributed by atoms with van der Waals surface area (Å²) in [5.74, 6) is 0.709. The number of nitrogens with zero attached hydrogens (tertiary/aromatic N) is 4. The molecule has 1 aliphatic rings. The van der Waals surface area contributed by atoms with E-state index in [1.807, 2.05) is 36.7 Å². The highest BCUT2D eigenvalue weighted by atomic mass is 16.1. The van der Waals surface area contributed by atoms with E-state index in [0.29, 0.717) is 16.9 Å². The molecular formula is C27H32N6O. The normalized spacial score (nSPS) is 13.9. The first-order valence-electron chi connectivity index (χ1n) is 11.9. The van der Waals surface area contributed by atoms with Gasteiger partial charge in [-0.3, -0.25) is 9.78 Å². The number of aromatic nitrogens is 4. The van der Waals surface area contributed by atoms with Crippen molar-refractivity contribution in [3.05, 3.63) is 75.8 Å². The van der Waals surface area contributed by atoms with Crippen LogP contribution in [-0.2, 0) is 18.4 Å². The molecule has 7 heteroatoms. The van der Waals surface area contributed by atoms with E-state index in [-0.39, 0.29) is 17.0 Å². The van der Waals surface area contributed by atoms with Gasteiger partial charge in [-0.1, -0.05) is 26.8 Å². The van der Waals surface area contributed by atoms with Crippen LogP contribution in [0.15, 0.2) is 53.5 Å². The predicted octanol–water partition coefficient (Wildman–Crippen LogP) is 4.85. The Hall–Kier alpha value is -3.45. The van der Waals surface area contributed by atoms with Crippen molar-refractivity contribution in [3.63, 3.8) is 0 Å². The van der Waals surface area contributed by atoms with Crippen molar-refractivity contribution >= 4 is 22.5 Å².